The van der Waals surface area contributed by atoms with Crippen molar-refractivity contribution in [2.45, 2.75) is 6.54 Å². The number of rotatable bonds is 5. The molecular formula is C14H15N3O2. The molecule has 1 aromatic carbocycles. The van der Waals surface area contributed by atoms with Crippen molar-refractivity contribution < 1.29 is 9.53 Å². The Labute approximate surface area is 111 Å². The summed E-state index contributed by atoms with van der Waals surface area (Å²) in [6, 6.07) is 12.7. The summed E-state index contributed by atoms with van der Waals surface area (Å²) in [4.78, 5) is 15.7. The Morgan fingerprint density at radius 3 is 2.63 bits per heavy atom. The van der Waals surface area contributed by atoms with E-state index in [4.69, 9.17) is 10.5 Å². The number of nitrogens with two attached hydrogens (primary N) is 1. The lowest BCUT2D eigenvalue weighted by atomic mass is 10.3. The number of pyridine rings is 1. The fourth-order valence-corrected chi connectivity index (χ4v) is 1.48. The van der Waals surface area contributed by atoms with Gasteiger partial charge in [-0.2, -0.15) is 0 Å². The van der Waals surface area contributed by atoms with E-state index in [1.165, 1.54) is 0 Å². The molecule has 0 fully saturated rings. The first kappa shape index (κ1) is 13.0. The number of anilines is 1. The molecule has 0 saturated heterocycles. The Morgan fingerprint density at radius 1 is 1.21 bits per heavy atom. The maximum Gasteiger partial charge on any atom is 0.262 e. The van der Waals surface area contributed by atoms with Crippen molar-refractivity contribution in [1.29, 1.82) is 0 Å². The van der Waals surface area contributed by atoms with Crippen molar-refractivity contribution in [3.63, 3.8) is 0 Å². The molecule has 98 valence electrons. The first-order chi connectivity index (χ1) is 9.28. The summed E-state index contributed by atoms with van der Waals surface area (Å²) in [5, 5.41) is 2.73. The lowest BCUT2D eigenvalue weighted by Crippen LogP contribution is -2.20. The number of ether oxygens (including phenoxy) is 1. The van der Waals surface area contributed by atoms with Crippen LogP contribution in [0.1, 0.15) is 5.69 Å². The second-order valence-corrected chi connectivity index (χ2v) is 3.89. The Balaban J connectivity index is 1.83. The number of para-hydroxylation sites is 1. The standard InChI is InChI=1S/C14H15N3O2/c15-8-12-6-7-13(9-16-12)19-10-14(18)17-11-4-2-1-3-5-11/h1-7,9H,8,10,15H2,(H,17,18). The minimum absolute atomic E-state index is 0.0570. The van der Waals surface area contributed by atoms with Crippen LogP contribution >= 0.6 is 0 Å². The number of carbonyl (C=O) groups excluding carboxylic acids is 1. The van der Waals surface area contributed by atoms with Gasteiger partial charge in [0.15, 0.2) is 6.61 Å². The van der Waals surface area contributed by atoms with Crippen molar-refractivity contribution in [3.05, 3.63) is 54.4 Å². The maximum absolute atomic E-state index is 11.6. The normalized spacial score (nSPS) is 9.95. The molecule has 19 heavy (non-hydrogen) atoms. The molecule has 0 bridgehead atoms. The number of aromatic nitrogens is 1. The van der Waals surface area contributed by atoms with Gasteiger partial charge in [0.2, 0.25) is 0 Å². The first-order valence-electron chi connectivity index (χ1n) is 5.90. The van der Waals surface area contributed by atoms with Crippen molar-refractivity contribution in [3.8, 4) is 5.75 Å². The van der Waals surface area contributed by atoms with Crippen LogP contribution in [0.4, 0.5) is 5.69 Å². The summed E-state index contributed by atoms with van der Waals surface area (Å²) in [6.45, 7) is 0.327. The zero-order valence-corrected chi connectivity index (χ0v) is 10.4. The molecule has 0 unspecified atom stereocenters. The van der Waals surface area contributed by atoms with Crippen LogP contribution in [0.5, 0.6) is 5.75 Å². The average molecular weight is 257 g/mol. The van der Waals surface area contributed by atoms with E-state index in [1.54, 1.807) is 18.3 Å². The van der Waals surface area contributed by atoms with E-state index < -0.39 is 0 Å². The van der Waals surface area contributed by atoms with Crippen molar-refractivity contribution >= 4 is 11.6 Å². The summed E-state index contributed by atoms with van der Waals surface area (Å²) in [6.07, 6.45) is 1.55. The highest BCUT2D eigenvalue weighted by atomic mass is 16.5. The molecule has 0 aliphatic heterocycles. The third-order valence-electron chi connectivity index (χ3n) is 2.43. The summed E-state index contributed by atoms with van der Waals surface area (Å²) >= 11 is 0. The fourth-order valence-electron chi connectivity index (χ4n) is 1.48. The van der Waals surface area contributed by atoms with Crippen molar-refractivity contribution in [2.24, 2.45) is 5.73 Å². The molecule has 0 saturated carbocycles. The zero-order valence-electron chi connectivity index (χ0n) is 10.4. The van der Waals surface area contributed by atoms with Gasteiger partial charge >= 0.3 is 0 Å². The summed E-state index contributed by atoms with van der Waals surface area (Å²) in [5.74, 6) is 0.328. The highest BCUT2D eigenvalue weighted by Crippen LogP contribution is 2.09. The maximum atomic E-state index is 11.6. The Hall–Kier alpha value is -2.40. The van der Waals surface area contributed by atoms with Gasteiger partial charge in [-0.05, 0) is 24.3 Å². The van der Waals surface area contributed by atoms with E-state index in [2.05, 4.69) is 10.3 Å². The third kappa shape index (κ3) is 4.08. The number of hydrogen-bond acceptors (Lipinski definition) is 4. The van der Waals surface area contributed by atoms with Gasteiger partial charge in [0.1, 0.15) is 5.75 Å². The van der Waals surface area contributed by atoms with E-state index in [0.717, 1.165) is 11.4 Å². The molecular weight excluding hydrogens is 242 g/mol. The van der Waals surface area contributed by atoms with Crippen molar-refractivity contribution in [2.75, 3.05) is 11.9 Å². The number of nitrogens with one attached hydrogen (secondary N) is 1. The van der Waals surface area contributed by atoms with Crippen LogP contribution in [-0.4, -0.2) is 17.5 Å². The Morgan fingerprint density at radius 2 is 2.00 bits per heavy atom. The van der Waals surface area contributed by atoms with E-state index in [1.807, 2.05) is 30.3 Å². The van der Waals surface area contributed by atoms with E-state index in [0.29, 0.717) is 12.3 Å². The van der Waals surface area contributed by atoms with Gasteiger partial charge in [-0.25, -0.2) is 0 Å². The molecule has 2 rings (SSSR count). The monoisotopic (exact) mass is 257 g/mol. The van der Waals surface area contributed by atoms with Crippen LogP contribution < -0.4 is 15.8 Å². The van der Waals surface area contributed by atoms with Crippen molar-refractivity contribution in [1.82, 2.24) is 4.98 Å². The number of amides is 1. The molecule has 0 aliphatic rings. The molecule has 1 amide bonds. The van der Waals surface area contributed by atoms with E-state index in [9.17, 15) is 4.79 Å². The topological polar surface area (TPSA) is 77.2 Å². The van der Waals surface area contributed by atoms with Crippen LogP contribution in [-0.2, 0) is 11.3 Å². The second kappa shape index (κ2) is 6.51. The molecule has 0 radical (unpaired) electrons. The minimum atomic E-state index is -0.214. The molecule has 3 N–H and O–H groups in total. The lowest BCUT2D eigenvalue weighted by molar-refractivity contribution is -0.118. The van der Waals surface area contributed by atoms with Crippen LogP contribution in [0.25, 0.3) is 0 Å². The van der Waals surface area contributed by atoms with Crippen LogP contribution in [0.3, 0.4) is 0 Å². The number of hydrogen-bond donors (Lipinski definition) is 2. The molecule has 0 spiro atoms. The highest BCUT2D eigenvalue weighted by Gasteiger charge is 2.03. The van der Waals surface area contributed by atoms with Gasteiger partial charge in [-0.15, -0.1) is 0 Å². The fraction of sp³-hybridized carbons (Fsp3) is 0.143. The Bertz CT molecular complexity index is 526. The Kier molecular flexibility index (Phi) is 4.47. The molecule has 2 aromatic rings. The van der Waals surface area contributed by atoms with E-state index in [-0.39, 0.29) is 12.5 Å². The smallest absolute Gasteiger partial charge is 0.262 e. The molecule has 1 heterocycles. The summed E-state index contributed by atoms with van der Waals surface area (Å²) in [7, 11) is 0. The first-order valence-corrected chi connectivity index (χ1v) is 5.90. The summed E-state index contributed by atoms with van der Waals surface area (Å²) < 4.78 is 5.32. The van der Waals surface area contributed by atoms with Gasteiger partial charge in [-0.3, -0.25) is 9.78 Å². The quantitative estimate of drug-likeness (QED) is 0.852. The highest BCUT2D eigenvalue weighted by molar-refractivity contribution is 5.91. The number of benzene rings is 1. The predicted molar refractivity (Wildman–Crippen MR) is 72.7 cm³/mol. The van der Waals surface area contributed by atoms with Crippen LogP contribution in [0.2, 0.25) is 0 Å². The SMILES string of the molecule is NCc1ccc(OCC(=O)Nc2ccccc2)cn1. The molecule has 5 nitrogen and oxygen atoms in total. The van der Waals surface area contributed by atoms with Gasteiger partial charge < -0.3 is 15.8 Å². The molecule has 0 atom stereocenters. The lowest BCUT2D eigenvalue weighted by Gasteiger charge is -2.07. The van der Waals surface area contributed by atoms with E-state index >= 15 is 0 Å². The number of nitrogens with zero attached hydrogens (tertiary/aromatic N) is 1. The molecule has 1 aromatic heterocycles. The largest absolute Gasteiger partial charge is 0.482 e. The zero-order chi connectivity index (χ0) is 13.5. The molecule has 5 heteroatoms. The van der Waals surface area contributed by atoms with Crippen LogP contribution in [0.15, 0.2) is 48.7 Å². The van der Waals surface area contributed by atoms with Gasteiger partial charge in [0.05, 0.1) is 11.9 Å². The van der Waals surface area contributed by atoms with Gasteiger partial charge in [-0.1, -0.05) is 18.2 Å². The minimum Gasteiger partial charge on any atom is -0.482 e. The second-order valence-electron chi connectivity index (χ2n) is 3.89. The van der Waals surface area contributed by atoms with Gasteiger partial charge in [0.25, 0.3) is 5.91 Å². The third-order valence-corrected chi connectivity index (χ3v) is 2.43. The molecule has 0 aliphatic carbocycles. The van der Waals surface area contributed by atoms with Crippen LogP contribution in [0, 0.1) is 0 Å². The summed E-state index contributed by atoms with van der Waals surface area (Å²) in [5.41, 5.74) is 6.96. The average Bonchev–Trinajstić information content (AvgIpc) is 2.47. The number of carbonyl (C=O) groups is 1. The predicted octanol–water partition coefficient (Wildman–Crippen LogP) is 1.56. The van der Waals surface area contributed by atoms with Gasteiger partial charge in [0, 0.05) is 12.2 Å².